The lowest BCUT2D eigenvalue weighted by molar-refractivity contribution is 0.162. The van der Waals surface area contributed by atoms with Crippen molar-refractivity contribution in [2.24, 2.45) is 0 Å². The molecule has 0 amide bonds. The molecular weight excluding hydrogens is 234 g/mol. The predicted octanol–water partition coefficient (Wildman–Crippen LogP) is 3.15. The van der Waals surface area contributed by atoms with Gasteiger partial charge in [0, 0.05) is 17.1 Å². The molecule has 17 heavy (non-hydrogen) atoms. The summed E-state index contributed by atoms with van der Waals surface area (Å²) in [6.45, 7) is 0.437. The molecule has 1 aromatic heterocycles. The van der Waals surface area contributed by atoms with Crippen LogP contribution in [0, 0.1) is 0 Å². The second kappa shape index (κ2) is 5.80. The lowest BCUT2D eigenvalue weighted by Gasteiger charge is -2.10. The van der Waals surface area contributed by atoms with Gasteiger partial charge in [-0.2, -0.15) is 0 Å². The Balaban J connectivity index is 1.89. The minimum Gasteiger partial charge on any atom is -0.467 e. The number of aliphatic hydroxyl groups is 1. The SMILES string of the molecule is CSc1ccc(NCC(O)c2ccco2)cc1. The van der Waals surface area contributed by atoms with Crippen LogP contribution >= 0.6 is 11.8 Å². The molecule has 1 unspecified atom stereocenters. The van der Waals surface area contributed by atoms with Gasteiger partial charge in [0.1, 0.15) is 11.9 Å². The smallest absolute Gasteiger partial charge is 0.134 e. The lowest BCUT2D eigenvalue weighted by Crippen LogP contribution is -2.11. The highest BCUT2D eigenvalue weighted by Crippen LogP contribution is 2.19. The highest BCUT2D eigenvalue weighted by Gasteiger charge is 2.09. The Labute approximate surface area is 105 Å². The van der Waals surface area contributed by atoms with Crippen LogP contribution in [0.15, 0.2) is 52.0 Å². The maximum absolute atomic E-state index is 9.81. The molecule has 1 atom stereocenters. The highest BCUT2D eigenvalue weighted by molar-refractivity contribution is 7.98. The number of thioether (sulfide) groups is 1. The summed E-state index contributed by atoms with van der Waals surface area (Å²) in [6.07, 6.45) is 2.99. The van der Waals surface area contributed by atoms with Gasteiger partial charge in [0.05, 0.1) is 6.26 Å². The molecule has 0 saturated heterocycles. The molecule has 2 N–H and O–H groups in total. The van der Waals surface area contributed by atoms with Gasteiger partial charge in [-0.3, -0.25) is 0 Å². The van der Waals surface area contributed by atoms with Gasteiger partial charge in [-0.15, -0.1) is 11.8 Å². The molecule has 2 aromatic rings. The zero-order valence-corrected chi connectivity index (χ0v) is 10.4. The number of benzene rings is 1. The third-order valence-electron chi connectivity index (χ3n) is 2.46. The molecule has 0 aliphatic rings. The monoisotopic (exact) mass is 249 g/mol. The third kappa shape index (κ3) is 3.28. The van der Waals surface area contributed by atoms with E-state index in [4.69, 9.17) is 4.42 Å². The number of hydrogen-bond donors (Lipinski definition) is 2. The van der Waals surface area contributed by atoms with Gasteiger partial charge in [-0.1, -0.05) is 0 Å². The van der Waals surface area contributed by atoms with Gasteiger partial charge >= 0.3 is 0 Å². The van der Waals surface area contributed by atoms with Crippen LogP contribution in [0.4, 0.5) is 5.69 Å². The molecule has 0 aliphatic heterocycles. The van der Waals surface area contributed by atoms with Crippen molar-refractivity contribution in [1.82, 2.24) is 0 Å². The zero-order valence-electron chi connectivity index (χ0n) is 9.59. The van der Waals surface area contributed by atoms with Crippen LogP contribution in [-0.4, -0.2) is 17.9 Å². The van der Waals surface area contributed by atoms with Crippen molar-refractivity contribution in [2.45, 2.75) is 11.0 Å². The summed E-state index contributed by atoms with van der Waals surface area (Å²) in [4.78, 5) is 1.22. The van der Waals surface area contributed by atoms with Crippen LogP contribution in [0.25, 0.3) is 0 Å². The molecule has 2 rings (SSSR count). The lowest BCUT2D eigenvalue weighted by atomic mass is 10.2. The van der Waals surface area contributed by atoms with E-state index in [2.05, 4.69) is 5.32 Å². The fourth-order valence-electron chi connectivity index (χ4n) is 1.50. The van der Waals surface area contributed by atoms with Gasteiger partial charge in [0.25, 0.3) is 0 Å². The van der Waals surface area contributed by atoms with Crippen LogP contribution in [-0.2, 0) is 0 Å². The molecule has 0 fully saturated rings. The average molecular weight is 249 g/mol. The molecule has 0 saturated carbocycles. The second-order valence-corrected chi connectivity index (χ2v) is 4.52. The van der Waals surface area contributed by atoms with Crippen LogP contribution in [0.1, 0.15) is 11.9 Å². The van der Waals surface area contributed by atoms with E-state index < -0.39 is 6.10 Å². The first kappa shape index (κ1) is 12.1. The fraction of sp³-hybridized carbons (Fsp3) is 0.231. The van der Waals surface area contributed by atoms with Gasteiger partial charge in [0.15, 0.2) is 0 Å². The Morgan fingerprint density at radius 3 is 2.65 bits per heavy atom. The van der Waals surface area contributed by atoms with E-state index in [0.717, 1.165) is 5.69 Å². The maximum atomic E-state index is 9.81. The Morgan fingerprint density at radius 1 is 1.29 bits per heavy atom. The Morgan fingerprint density at radius 2 is 2.06 bits per heavy atom. The minimum absolute atomic E-state index is 0.437. The summed E-state index contributed by atoms with van der Waals surface area (Å²) in [7, 11) is 0. The topological polar surface area (TPSA) is 45.4 Å². The minimum atomic E-state index is -0.620. The first-order valence-corrected chi connectivity index (χ1v) is 6.61. The Bertz CT molecular complexity index is 439. The van der Waals surface area contributed by atoms with Crippen molar-refractivity contribution >= 4 is 17.4 Å². The van der Waals surface area contributed by atoms with Gasteiger partial charge in [0.2, 0.25) is 0 Å². The van der Waals surface area contributed by atoms with E-state index in [-0.39, 0.29) is 0 Å². The van der Waals surface area contributed by atoms with E-state index in [1.54, 1.807) is 30.2 Å². The van der Waals surface area contributed by atoms with Crippen LogP contribution in [0.5, 0.6) is 0 Å². The van der Waals surface area contributed by atoms with Crippen molar-refractivity contribution in [3.8, 4) is 0 Å². The molecule has 90 valence electrons. The van der Waals surface area contributed by atoms with Crippen molar-refractivity contribution in [3.63, 3.8) is 0 Å². The van der Waals surface area contributed by atoms with E-state index >= 15 is 0 Å². The molecule has 1 aromatic carbocycles. The molecule has 0 spiro atoms. The van der Waals surface area contributed by atoms with E-state index in [9.17, 15) is 5.11 Å². The number of aliphatic hydroxyl groups excluding tert-OH is 1. The predicted molar refractivity (Wildman–Crippen MR) is 70.4 cm³/mol. The summed E-state index contributed by atoms with van der Waals surface area (Å²) in [5.41, 5.74) is 0.994. The van der Waals surface area contributed by atoms with E-state index in [1.807, 2.05) is 30.5 Å². The maximum Gasteiger partial charge on any atom is 0.134 e. The standard InChI is InChI=1S/C13H15NO2S/c1-17-11-6-4-10(5-7-11)14-9-12(15)13-3-2-8-16-13/h2-8,12,14-15H,9H2,1H3. The largest absolute Gasteiger partial charge is 0.467 e. The second-order valence-electron chi connectivity index (χ2n) is 3.64. The van der Waals surface area contributed by atoms with Crippen molar-refractivity contribution < 1.29 is 9.52 Å². The zero-order chi connectivity index (χ0) is 12.1. The van der Waals surface area contributed by atoms with Crippen molar-refractivity contribution in [1.29, 1.82) is 0 Å². The Kier molecular flexibility index (Phi) is 4.12. The normalized spacial score (nSPS) is 12.4. The number of hydrogen-bond acceptors (Lipinski definition) is 4. The summed E-state index contributed by atoms with van der Waals surface area (Å²) < 4.78 is 5.13. The number of nitrogens with one attached hydrogen (secondary N) is 1. The van der Waals surface area contributed by atoms with Gasteiger partial charge < -0.3 is 14.8 Å². The van der Waals surface area contributed by atoms with Crippen molar-refractivity contribution in [2.75, 3.05) is 18.1 Å². The first-order chi connectivity index (χ1) is 8.29. The quantitative estimate of drug-likeness (QED) is 0.799. The van der Waals surface area contributed by atoms with Crippen LogP contribution in [0.3, 0.4) is 0 Å². The van der Waals surface area contributed by atoms with E-state index in [1.165, 1.54) is 4.90 Å². The molecule has 4 heteroatoms. The fourth-order valence-corrected chi connectivity index (χ4v) is 1.91. The molecule has 3 nitrogen and oxygen atoms in total. The highest BCUT2D eigenvalue weighted by atomic mass is 32.2. The molecule has 1 heterocycles. The third-order valence-corrected chi connectivity index (χ3v) is 3.20. The number of anilines is 1. The van der Waals surface area contributed by atoms with Crippen LogP contribution in [0.2, 0.25) is 0 Å². The van der Waals surface area contributed by atoms with Gasteiger partial charge in [-0.25, -0.2) is 0 Å². The number of rotatable bonds is 5. The summed E-state index contributed by atoms with van der Waals surface area (Å²) >= 11 is 1.71. The van der Waals surface area contributed by atoms with E-state index in [0.29, 0.717) is 12.3 Å². The summed E-state index contributed by atoms with van der Waals surface area (Å²) in [6, 6.07) is 11.6. The Hall–Kier alpha value is -1.39. The molecule has 0 radical (unpaired) electrons. The van der Waals surface area contributed by atoms with Crippen LogP contribution < -0.4 is 5.32 Å². The molecule has 0 aliphatic carbocycles. The summed E-state index contributed by atoms with van der Waals surface area (Å²) in [5.74, 6) is 0.582. The van der Waals surface area contributed by atoms with Gasteiger partial charge in [-0.05, 0) is 42.7 Å². The molecule has 0 bridgehead atoms. The summed E-state index contributed by atoms with van der Waals surface area (Å²) in [5, 5.41) is 13.0. The van der Waals surface area contributed by atoms with Crippen molar-refractivity contribution in [3.05, 3.63) is 48.4 Å². The average Bonchev–Trinajstić information content (AvgIpc) is 2.90. The first-order valence-electron chi connectivity index (χ1n) is 5.39. The molecular formula is C13H15NO2S. The number of furan rings is 1.